The minimum atomic E-state index is -0.455. The number of carbonyl (C=O) groups excluding carboxylic acids is 1. The highest BCUT2D eigenvalue weighted by Crippen LogP contribution is 2.30. The van der Waals surface area contributed by atoms with Gasteiger partial charge in [0.1, 0.15) is 11.4 Å². The minimum Gasteiger partial charge on any atom is -0.465 e. The van der Waals surface area contributed by atoms with Crippen molar-refractivity contribution in [3.8, 4) is 0 Å². The van der Waals surface area contributed by atoms with E-state index in [4.69, 9.17) is 5.73 Å². The van der Waals surface area contributed by atoms with Crippen molar-refractivity contribution in [1.29, 1.82) is 0 Å². The second kappa shape index (κ2) is 4.03. The number of nitrogens with one attached hydrogen (secondary N) is 1. The van der Waals surface area contributed by atoms with E-state index < -0.39 is 5.97 Å². The number of methoxy groups -OCH3 is 1. The van der Waals surface area contributed by atoms with Crippen molar-refractivity contribution < 1.29 is 9.53 Å². The number of hydrogen-bond acceptors (Lipinski definition) is 5. The Kier molecular flexibility index (Phi) is 2.72. The van der Waals surface area contributed by atoms with Gasteiger partial charge in [0.25, 0.3) is 0 Å². The Morgan fingerprint density at radius 2 is 2.38 bits per heavy atom. The smallest absolute Gasteiger partial charge is 0.345 e. The normalized spacial score (nSPS) is 14.9. The number of anilines is 2. The van der Waals surface area contributed by atoms with Crippen LogP contribution in [0.4, 0.5) is 11.6 Å². The standard InChI is InChI=1S/C10H16N4O2/c1-14-8(11)7(10(15)16-2)9(13-14)12-5-6-3-4-6/h6H,3-5,11H2,1-2H3,(H,12,13). The summed E-state index contributed by atoms with van der Waals surface area (Å²) in [4.78, 5) is 11.5. The van der Waals surface area contributed by atoms with E-state index in [0.29, 0.717) is 23.1 Å². The van der Waals surface area contributed by atoms with Gasteiger partial charge in [-0.25, -0.2) is 4.79 Å². The van der Waals surface area contributed by atoms with Crippen LogP contribution in [0, 0.1) is 5.92 Å². The van der Waals surface area contributed by atoms with Crippen molar-refractivity contribution in [3.05, 3.63) is 5.56 Å². The first-order valence-electron chi connectivity index (χ1n) is 5.28. The largest absolute Gasteiger partial charge is 0.465 e. The van der Waals surface area contributed by atoms with Crippen molar-refractivity contribution in [2.75, 3.05) is 24.7 Å². The number of carbonyl (C=O) groups is 1. The molecule has 0 unspecified atom stereocenters. The predicted octanol–water partition coefficient (Wildman–Crippen LogP) is 0.611. The average molecular weight is 224 g/mol. The van der Waals surface area contributed by atoms with Crippen LogP contribution in [0.25, 0.3) is 0 Å². The molecule has 1 aromatic rings. The third kappa shape index (κ3) is 1.95. The predicted molar refractivity (Wildman–Crippen MR) is 60.2 cm³/mol. The molecule has 0 aromatic carbocycles. The number of nitrogens with two attached hydrogens (primary N) is 1. The van der Waals surface area contributed by atoms with Gasteiger partial charge in [0.15, 0.2) is 5.82 Å². The molecular formula is C10H16N4O2. The topological polar surface area (TPSA) is 82.2 Å². The lowest BCUT2D eigenvalue weighted by molar-refractivity contribution is 0.0603. The Balaban J connectivity index is 2.20. The first kappa shape index (κ1) is 10.8. The molecule has 1 heterocycles. The van der Waals surface area contributed by atoms with Crippen molar-refractivity contribution in [2.24, 2.45) is 13.0 Å². The molecule has 0 bridgehead atoms. The van der Waals surface area contributed by atoms with Crippen molar-refractivity contribution in [2.45, 2.75) is 12.8 Å². The zero-order valence-corrected chi connectivity index (χ0v) is 9.49. The fourth-order valence-electron chi connectivity index (χ4n) is 1.53. The zero-order valence-electron chi connectivity index (χ0n) is 9.49. The molecule has 88 valence electrons. The number of ether oxygens (including phenoxy) is 1. The molecule has 1 aromatic heterocycles. The van der Waals surface area contributed by atoms with Gasteiger partial charge < -0.3 is 15.8 Å². The molecule has 1 saturated carbocycles. The summed E-state index contributed by atoms with van der Waals surface area (Å²) in [7, 11) is 3.03. The SMILES string of the molecule is COC(=O)c1c(NCC2CC2)nn(C)c1N. The summed E-state index contributed by atoms with van der Waals surface area (Å²) < 4.78 is 6.15. The highest BCUT2D eigenvalue weighted by Gasteiger charge is 2.25. The Morgan fingerprint density at radius 3 is 2.94 bits per heavy atom. The minimum absolute atomic E-state index is 0.324. The van der Waals surface area contributed by atoms with E-state index in [1.54, 1.807) is 7.05 Å². The number of esters is 1. The first-order chi connectivity index (χ1) is 7.63. The lowest BCUT2D eigenvalue weighted by atomic mass is 10.3. The number of rotatable bonds is 4. The highest BCUT2D eigenvalue weighted by molar-refractivity contribution is 5.99. The maximum Gasteiger partial charge on any atom is 0.345 e. The van der Waals surface area contributed by atoms with Crippen molar-refractivity contribution >= 4 is 17.6 Å². The molecule has 2 rings (SSSR count). The van der Waals surface area contributed by atoms with Crippen LogP contribution in [0.5, 0.6) is 0 Å². The van der Waals surface area contributed by atoms with Gasteiger partial charge in [-0.1, -0.05) is 0 Å². The monoisotopic (exact) mass is 224 g/mol. The van der Waals surface area contributed by atoms with E-state index in [1.165, 1.54) is 24.6 Å². The fraction of sp³-hybridized carbons (Fsp3) is 0.600. The Labute approximate surface area is 93.8 Å². The van der Waals surface area contributed by atoms with Crippen LogP contribution >= 0.6 is 0 Å². The molecule has 0 atom stereocenters. The van der Waals surface area contributed by atoms with Crippen LogP contribution in [-0.4, -0.2) is 29.4 Å². The second-order valence-electron chi connectivity index (χ2n) is 4.05. The van der Waals surface area contributed by atoms with Gasteiger partial charge >= 0.3 is 5.97 Å². The number of aromatic nitrogens is 2. The van der Waals surface area contributed by atoms with Crippen LogP contribution in [0.1, 0.15) is 23.2 Å². The summed E-state index contributed by atoms with van der Waals surface area (Å²) >= 11 is 0. The van der Waals surface area contributed by atoms with Crippen molar-refractivity contribution in [3.63, 3.8) is 0 Å². The van der Waals surface area contributed by atoms with Gasteiger partial charge in [0.05, 0.1) is 7.11 Å². The fourth-order valence-corrected chi connectivity index (χ4v) is 1.53. The number of nitrogens with zero attached hydrogens (tertiary/aromatic N) is 2. The Morgan fingerprint density at radius 1 is 1.69 bits per heavy atom. The summed E-state index contributed by atoms with van der Waals surface area (Å²) in [5.74, 6) is 1.08. The van der Waals surface area contributed by atoms with E-state index in [9.17, 15) is 4.79 Å². The van der Waals surface area contributed by atoms with Crippen LogP contribution in [0.2, 0.25) is 0 Å². The van der Waals surface area contributed by atoms with Crippen LogP contribution < -0.4 is 11.1 Å². The molecule has 0 aliphatic heterocycles. The van der Waals surface area contributed by atoms with Gasteiger partial charge in [-0.3, -0.25) is 4.68 Å². The van der Waals surface area contributed by atoms with Gasteiger partial charge in [-0.2, -0.15) is 5.10 Å². The quantitative estimate of drug-likeness (QED) is 0.732. The van der Waals surface area contributed by atoms with Gasteiger partial charge in [0.2, 0.25) is 0 Å². The third-order valence-corrected chi connectivity index (χ3v) is 2.74. The van der Waals surface area contributed by atoms with Crippen LogP contribution in [0.3, 0.4) is 0 Å². The second-order valence-corrected chi connectivity index (χ2v) is 4.05. The zero-order chi connectivity index (χ0) is 11.7. The highest BCUT2D eigenvalue weighted by atomic mass is 16.5. The summed E-state index contributed by atoms with van der Waals surface area (Å²) in [6.45, 7) is 0.834. The molecule has 6 heteroatoms. The van der Waals surface area contributed by atoms with Gasteiger partial charge in [-0.05, 0) is 18.8 Å². The maximum atomic E-state index is 11.5. The lowest BCUT2D eigenvalue weighted by Gasteiger charge is -2.03. The molecule has 0 amide bonds. The number of hydrogen-bond donors (Lipinski definition) is 2. The number of aryl methyl sites for hydroxylation is 1. The molecule has 6 nitrogen and oxygen atoms in total. The van der Waals surface area contributed by atoms with Crippen LogP contribution in [-0.2, 0) is 11.8 Å². The molecule has 1 fully saturated rings. The molecule has 0 saturated heterocycles. The maximum absolute atomic E-state index is 11.5. The first-order valence-corrected chi connectivity index (χ1v) is 5.28. The molecular weight excluding hydrogens is 208 g/mol. The molecule has 1 aliphatic rings. The van der Waals surface area contributed by atoms with E-state index in [-0.39, 0.29) is 0 Å². The van der Waals surface area contributed by atoms with Crippen LogP contribution in [0.15, 0.2) is 0 Å². The average Bonchev–Trinajstić information content (AvgIpc) is 3.04. The molecule has 16 heavy (non-hydrogen) atoms. The summed E-state index contributed by atoms with van der Waals surface area (Å²) in [6.07, 6.45) is 2.48. The van der Waals surface area contributed by atoms with Gasteiger partial charge in [0, 0.05) is 13.6 Å². The third-order valence-electron chi connectivity index (χ3n) is 2.74. The van der Waals surface area contributed by atoms with Gasteiger partial charge in [-0.15, -0.1) is 0 Å². The summed E-state index contributed by atoms with van der Waals surface area (Å²) in [5, 5.41) is 7.30. The molecule has 3 N–H and O–H groups in total. The van der Waals surface area contributed by atoms with E-state index >= 15 is 0 Å². The number of nitrogen functional groups attached to an aromatic ring is 1. The lowest BCUT2D eigenvalue weighted by Crippen LogP contribution is -2.10. The Hall–Kier alpha value is -1.72. The van der Waals surface area contributed by atoms with E-state index in [0.717, 1.165) is 6.54 Å². The summed E-state index contributed by atoms with van der Waals surface area (Å²) in [5.41, 5.74) is 6.09. The molecule has 0 radical (unpaired) electrons. The van der Waals surface area contributed by atoms with Crippen molar-refractivity contribution in [1.82, 2.24) is 9.78 Å². The molecule has 1 aliphatic carbocycles. The summed E-state index contributed by atoms with van der Waals surface area (Å²) in [6, 6.07) is 0. The molecule has 0 spiro atoms. The van der Waals surface area contributed by atoms with E-state index in [2.05, 4.69) is 15.2 Å². The Bertz CT molecular complexity index is 409. The van der Waals surface area contributed by atoms with E-state index in [1.807, 2.05) is 0 Å².